The Morgan fingerprint density at radius 3 is 2.86 bits per heavy atom. The van der Waals surface area contributed by atoms with Crippen molar-refractivity contribution in [1.29, 1.82) is 0 Å². The topological polar surface area (TPSA) is 124 Å². The van der Waals surface area contributed by atoms with Crippen LogP contribution in [0.5, 0.6) is 0 Å². The quantitative estimate of drug-likeness (QED) is 0.253. The highest BCUT2D eigenvalue weighted by molar-refractivity contribution is 5.93. The summed E-state index contributed by atoms with van der Waals surface area (Å²) in [5, 5.41) is 14.3. The Morgan fingerprint density at radius 1 is 1.52 bits per heavy atom. The van der Waals surface area contributed by atoms with E-state index in [-0.39, 0.29) is 28.8 Å². The minimum Gasteiger partial charge on any atom is -0.409 e. The van der Waals surface area contributed by atoms with E-state index in [1.54, 1.807) is 0 Å². The molecule has 0 aliphatic carbocycles. The Kier molecular flexibility index (Phi) is 4.94. The van der Waals surface area contributed by atoms with E-state index < -0.39 is 0 Å². The lowest BCUT2D eigenvalue weighted by atomic mass is 10.0. The van der Waals surface area contributed by atoms with E-state index >= 15 is 0 Å². The van der Waals surface area contributed by atoms with Crippen LogP contribution in [0.3, 0.4) is 0 Å². The van der Waals surface area contributed by atoms with Crippen LogP contribution in [0.2, 0.25) is 0 Å². The van der Waals surface area contributed by atoms with Gasteiger partial charge in [-0.2, -0.15) is 0 Å². The van der Waals surface area contributed by atoms with Gasteiger partial charge in [0.05, 0.1) is 6.54 Å². The summed E-state index contributed by atoms with van der Waals surface area (Å²) in [5.74, 6) is -0.181. The third-order valence-electron chi connectivity index (χ3n) is 3.51. The predicted octanol–water partition coefficient (Wildman–Crippen LogP) is -0.684. The first-order chi connectivity index (χ1) is 10.1. The van der Waals surface area contributed by atoms with Gasteiger partial charge in [0.2, 0.25) is 0 Å². The van der Waals surface area contributed by atoms with Crippen molar-refractivity contribution in [2.45, 2.75) is 18.9 Å². The Balaban J connectivity index is 1.85. The molecule has 0 unspecified atom stereocenters. The summed E-state index contributed by atoms with van der Waals surface area (Å²) in [6.07, 6.45) is 4.42. The molecule has 2 rings (SSSR count). The lowest BCUT2D eigenvalue weighted by Crippen LogP contribution is -2.47. The number of H-pyrrole nitrogens is 1. The fourth-order valence-corrected chi connectivity index (χ4v) is 2.35. The van der Waals surface area contributed by atoms with Crippen molar-refractivity contribution in [3.63, 3.8) is 0 Å². The SMILES string of the molecule is N/C(CN1CCC(NC(=O)c2c[nH]ccc2=O)CC1)=N/O. The van der Waals surface area contributed by atoms with Gasteiger partial charge in [0.25, 0.3) is 5.91 Å². The third-order valence-corrected chi connectivity index (χ3v) is 3.51. The van der Waals surface area contributed by atoms with Gasteiger partial charge >= 0.3 is 0 Å². The summed E-state index contributed by atoms with van der Waals surface area (Å²) < 4.78 is 0. The molecule has 5 N–H and O–H groups in total. The Bertz CT molecular complexity index is 575. The normalized spacial score (nSPS) is 17.6. The third kappa shape index (κ3) is 4.06. The number of nitrogens with one attached hydrogen (secondary N) is 2. The number of carbonyl (C=O) groups excluding carboxylic acids is 1. The lowest BCUT2D eigenvalue weighted by Gasteiger charge is -2.31. The van der Waals surface area contributed by atoms with Crippen LogP contribution in [0, 0.1) is 0 Å². The number of nitrogens with zero attached hydrogens (tertiary/aromatic N) is 2. The number of piperidine rings is 1. The zero-order valence-electron chi connectivity index (χ0n) is 11.6. The molecule has 0 saturated carbocycles. The molecule has 1 saturated heterocycles. The Hall–Kier alpha value is -2.35. The van der Waals surface area contributed by atoms with Crippen molar-refractivity contribution >= 4 is 11.7 Å². The smallest absolute Gasteiger partial charge is 0.256 e. The van der Waals surface area contributed by atoms with Crippen molar-refractivity contribution in [3.05, 3.63) is 34.2 Å². The highest BCUT2D eigenvalue weighted by Gasteiger charge is 2.22. The van der Waals surface area contributed by atoms with Crippen LogP contribution < -0.4 is 16.5 Å². The average Bonchev–Trinajstić information content (AvgIpc) is 2.49. The van der Waals surface area contributed by atoms with Crippen LogP contribution in [0.25, 0.3) is 0 Å². The van der Waals surface area contributed by atoms with Gasteiger partial charge in [0, 0.05) is 37.6 Å². The molecule has 0 aromatic carbocycles. The standard InChI is InChI=1S/C13H19N5O3/c14-12(17-21)8-18-5-2-9(3-6-18)16-13(20)10-7-15-4-1-11(10)19/h1,4,7,9,21H,2-3,5-6,8H2,(H2,14,17)(H,15,19)(H,16,20). The van der Waals surface area contributed by atoms with Gasteiger partial charge in [-0.1, -0.05) is 5.16 Å². The highest BCUT2D eigenvalue weighted by Crippen LogP contribution is 2.10. The summed E-state index contributed by atoms with van der Waals surface area (Å²) >= 11 is 0. The summed E-state index contributed by atoms with van der Waals surface area (Å²) in [7, 11) is 0. The molecular weight excluding hydrogens is 274 g/mol. The van der Waals surface area contributed by atoms with Crippen LogP contribution in [0.1, 0.15) is 23.2 Å². The fourth-order valence-electron chi connectivity index (χ4n) is 2.35. The number of likely N-dealkylation sites (tertiary alicyclic amines) is 1. The van der Waals surface area contributed by atoms with Gasteiger partial charge in [-0.25, -0.2) is 0 Å². The second-order valence-electron chi connectivity index (χ2n) is 5.04. The summed E-state index contributed by atoms with van der Waals surface area (Å²) in [4.78, 5) is 28.4. The molecule has 1 aromatic heterocycles. The van der Waals surface area contributed by atoms with E-state index in [0.717, 1.165) is 25.9 Å². The monoisotopic (exact) mass is 293 g/mol. The maximum atomic E-state index is 12.0. The summed E-state index contributed by atoms with van der Waals surface area (Å²) in [5.41, 5.74) is 5.29. The fraction of sp³-hybridized carbons (Fsp3) is 0.462. The molecular formula is C13H19N5O3. The van der Waals surface area contributed by atoms with Gasteiger partial charge in [0.1, 0.15) is 5.56 Å². The molecule has 114 valence electrons. The molecule has 21 heavy (non-hydrogen) atoms. The number of nitrogens with two attached hydrogens (primary N) is 1. The van der Waals surface area contributed by atoms with Gasteiger partial charge in [-0.15, -0.1) is 0 Å². The number of oxime groups is 1. The highest BCUT2D eigenvalue weighted by atomic mass is 16.4. The number of amides is 1. The van der Waals surface area contributed by atoms with Crippen LogP contribution >= 0.6 is 0 Å². The van der Waals surface area contributed by atoms with Crippen molar-refractivity contribution < 1.29 is 10.0 Å². The molecule has 1 amide bonds. The van der Waals surface area contributed by atoms with Crippen LogP contribution in [-0.4, -0.2) is 52.5 Å². The Morgan fingerprint density at radius 2 is 2.24 bits per heavy atom. The van der Waals surface area contributed by atoms with E-state index in [0.29, 0.717) is 6.54 Å². The number of aromatic nitrogens is 1. The Labute approximate surface area is 121 Å². The van der Waals surface area contributed by atoms with Gasteiger partial charge < -0.3 is 21.2 Å². The molecule has 1 aliphatic rings. The van der Waals surface area contributed by atoms with Crippen LogP contribution in [-0.2, 0) is 0 Å². The minimum atomic E-state index is -0.355. The van der Waals surface area contributed by atoms with Gasteiger partial charge in [-0.05, 0) is 12.8 Å². The molecule has 0 spiro atoms. The zero-order valence-corrected chi connectivity index (χ0v) is 11.6. The number of rotatable bonds is 4. The molecule has 1 aromatic rings. The average molecular weight is 293 g/mol. The number of carbonyl (C=O) groups is 1. The largest absolute Gasteiger partial charge is 0.409 e. The van der Waals surface area contributed by atoms with E-state index in [1.807, 2.05) is 4.90 Å². The molecule has 0 bridgehead atoms. The van der Waals surface area contributed by atoms with Crippen molar-refractivity contribution in [2.75, 3.05) is 19.6 Å². The maximum Gasteiger partial charge on any atom is 0.256 e. The molecule has 1 fully saturated rings. The zero-order chi connectivity index (χ0) is 15.2. The van der Waals surface area contributed by atoms with Gasteiger partial charge in [0.15, 0.2) is 11.3 Å². The number of amidine groups is 1. The lowest BCUT2D eigenvalue weighted by molar-refractivity contribution is 0.0913. The second kappa shape index (κ2) is 6.89. The summed E-state index contributed by atoms with van der Waals surface area (Å²) in [6, 6.07) is 1.36. The molecule has 2 heterocycles. The molecule has 0 atom stereocenters. The number of hydrogen-bond donors (Lipinski definition) is 4. The molecule has 8 nitrogen and oxygen atoms in total. The molecule has 0 radical (unpaired) electrons. The summed E-state index contributed by atoms with van der Waals surface area (Å²) in [6.45, 7) is 1.90. The number of aromatic amines is 1. The van der Waals surface area contributed by atoms with Crippen LogP contribution in [0.4, 0.5) is 0 Å². The first kappa shape index (κ1) is 15.0. The molecule has 8 heteroatoms. The minimum absolute atomic E-state index is 0.0284. The van der Waals surface area contributed by atoms with Crippen molar-refractivity contribution in [3.8, 4) is 0 Å². The predicted molar refractivity (Wildman–Crippen MR) is 77.4 cm³/mol. The van der Waals surface area contributed by atoms with Gasteiger partial charge in [-0.3, -0.25) is 14.5 Å². The van der Waals surface area contributed by atoms with E-state index in [9.17, 15) is 9.59 Å². The first-order valence-corrected chi connectivity index (χ1v) is 6.77. The number of hydrogen-bond acceptors (Lipinski definition) is 5. The molecule has 1 aliphatic heterocycles. The van der Waals surface area contributed by atoms with E-state index in [1.165, 1.54) is 18.5 Å². The van der Waals surface area contributed by atoms with Crippen molar-refractivity contribution in [2.24, 2.45) is 10.9 Å². The maximum absolute atomic E-state index is 12.0. The number of pyridine rings is 1. The first-order valence-electron chi connectivity index (χ1n) is 6.77. The van der Waals surface area contributed by atoms with E-state index in [2.05, 4.69) is 15.5 Å². The van der Waals surface area contributed by atoms with Crippen LogP contribution in [0.15, 0.2) is 28.4 Å². The van der Waals surface area contributed by atoms with Crippen molar-refractivity contribution in [1.82, 2.24) is 15.2 Å². The second-order valence-corrected chi connectivity index (χ2v) is 5.04. The van der Waals surface area contributed by atoms with E-state index in [4.69, 9.17) is 10.9 Å².